The van der Waals surface area contributed by atoms with Gasteiger partial charge in [0.25, 0.3) is 5.56 Å². The van der Waals surface area contributed by atoms with Gasteiger partial charge >= 0.3 is 5.69 Å². The largest absolute Gasteiger partial charge is 0.337 e. The third-order valence-corrected chi connectivity index (χ3v) is 7.90. The third-order valence-electron chi connectivity index (χ3n) is 6.30. The van der Waals surface area contributed by atoms with E-state index >= 15 is 0 Å². The van der Waals surface area contributed by atoms with Crippen LogP contribution < -0.4 is 11.2 Å². The van der Waals surface area contributed by atoms with Gasteiger partial charge in [0.2, 0.25) is 5.91 Å². The van der Waals surface area contributed by atoms with Gasteiger partial charge in [-0.1, -0.05) is 35.9 Å². The van der Waals surface area contributed by atoms with Crippen molar-refractivity contribution in [3.8, 4) is 5.69 Å². The molecule has 0 aliphatic carbocycles. The van der Waals surface area contributed by atoms with Crippen molar-refractivity contribution in [3.05, 3.63) is 95.7 Å². The number of benzene rings is 2. The third kappa shape index (κ3) is 3.58. The quantitative estimate of drug-likeness (QED) is 0.424. The SMILES string of the molecule is CC(=O)N1CCc2c(sc3c2c(=O)n(-c2ccccc2C)c(=O)n3Cc2c(F)cccc2Cl)C1. The second kappa shape index (κ2) is 8.52. The van der Waals surface area contributed by atoms with Gasteiger partial charge in [0, 0.05) is 28.9 Å². The highest BCUT2D eigenvalue weighted by molar-refractivity contribution is 7.18. The molecule has 2 aromatic heterocycles. The molecule has 2 aromatic carbocycles. The van der Waals surface area contributed by atoms with Gasteiger partial charge in [-0.15, -0.1) is 11.3 Å². The van der Waals surface area contributed by atoms with Gasteiger partial charge < -0.3 is 4.90 Å². The average molecular weight is 498 g/mol. The number of amides is 1. The summed E-state index contributed by atoms with van der Waals surface area (Å²) in [5.41, 5.74) is 1.31. The normalized spacial score (nSPS) is 13.4. The average Bonchev–Trinajstić information content (AvgIpc) is 3.18. The van der Waals surface area contributed by atoms with E-state index in [1.807, 2.05) is 19.1 Å². The zero-order valence-corrected chi connectivity index (χ0v) is 20.2. The molecule has 1 aliphatic rings. The van der Waals surface area contributed by atoms with Crippen molar-refractivity contribution >= 4 is 39.1 Å². The molecule has 174 valence electrons. The summed E-state index contributed by atoms with van der Waals surface area (Å²) in [6, 6.07) is 11.5. The lowest BCUT2D eigenvalue weighted by molar-refractivity contribution is -0.129. The van der Waals surface area contributed by atoms with Crippen molar-refractivity contribution in [3.63, 3.8) is 0 Å². The lowest BCUT2D eigenvalue weighted by Crippen LogP contribution is -2.39. The molecule has 4 aromatic rings. The Kier molecular flexibility index (Phi) is 5.65. The van der Waals surface area contributed by atoms with Crippen molar-refractivity contribution in [2.45, 2.75) is 33.4 Å². The molecule has 34 heavy (non-hydrogen) atoms. The van der Waals surface area contributed by atoms with Crippen LogP contribution in [0.15, 0.2) is 52.1 Å². The van der Waals surface area contributed by atoms with E-state index in [1.54, 1.807) is 23.1 Å². The van der Waals surface area contributed by atoms with Crippen LogP contribution in [0.3, 0.4) is 0 Å². The number of carbonyl (C=O) groups excluding carboxylic acids is 1. The molecule has 0 atom stereocenters. The first kappa shape index (κ1) is 22.6. The molecule has 1 aliphatic heterocycles. The molecular formula is C25H21ClFN3O3S. The lowest BCUT2D eigenvalue weighted by atomic mass is 10.1. The van der Waals surface area contributed by atoms with E-state index in [1.165, 1.54) is 35.0 Å². The fourth-order valence-electron chi connectivity index (χ4n) is 4.48. The Hall–Kier alpha value is -3.23. The molecule has 0 saturated carbocycles. The number of aryl methyl sites for hydroxylation is 1. The van der Waals surface area contributed by atoms with E-state index in [0.29, 0.717) is 35.4 Å². The topological polar surface area (TPSA) is 64.3 Å². The van der Waals surface area contributed by atoms with Gasteiger partial charge in [-0.3, -0.25) is 14.2 Å². The molecule has 0 saturated heterocycles. The first-order chi connectivity index (χ1) is 16.3. The summed E-state index contributed by atoms with van der Waals surface area (Å²) in [6.07, 6.45) is 0.510. The second-order valence-electron chi connectivity index (χ2n) is 8.37. The smallest absolute Gasteiger partial charge is 0.337 e. The van der Waals surface area contributed by atoms with Gasteiger partial charge in [0.1, 0.15) is 10.6 Å². The maximum atomic E-state index is 14.7. The molecule has 1 amide bonds. The fourth-order valence-corrected chi connectivity index (χ4v) is 6.05. The highest BCUT2D eigenvalue weighted by atomic mass is 35.5. The zero-order valence-electron chi connectivity index (χ0n) is 18.6. The number of thiophene rings is 1. The number of halogens is 2. The molecule has 5 rings (SSSR count). The van der Waals surface area contributed by atoms with E-state index in [9.17, 15) is 18.8 Å². The summed E-state index contributed by atoms with van der Waals surface area (Å²) in [6.45, 7) is 4.10. The number of hydrogen-bond acceptors (Lipinski definition) is 4. The number of aromatic nitrogens is 2. The first-order valence-electron chi connectivity index (χ1n) is 10.8. The predicted octanol–water partition coefficient (Wildman–Crippen LogP) is 4.27. The van der Waals surface area contributed by atoms with Crippen LogP contribution in [0, 0.1) is 12.7 Å². The number of hydrogen-bond donors (Lipinski definition) is 0. The first-order valence-corrected chi connectivity index (χ1v) is 12.0. The van der Waals surface area contributed by atoms with Crippen LogP contribution in [-0.4, -0.2) is 26.5 Å². The second-order valence-corrected chi connectivity index (χ2v) is 9.86. The molecule has 3 heterocycles. The maximum Gasteiger partial charge on any atom is 0.337 e. The van der Waals surface area contributed by atoms with E-state index in [-0.39, 0.29) is 23.0 Å². The van der Waals surface area contributed by atoms with Crippen LogP contribution in [0.4, 0.5) is 4.39 Å². The van der Waals surface area contributed by atoms with Crippen LogP contribution in [0.25, 0.3) is 15.9 Å². The van der Waals surface area contributed by atoms with Crippen molar-refractivity contribution in [1.82, 2.24) is 14.0 Å². The van der Waals surface area contributed by atoms with E-state index in [4.69, 9.17) is 11.6 Å². The molecule has 0 unspecified atom stereocenters. The Morgan fingerprint density at radius 3 is 2.62 bits per heavy atom. The van der Waals surface area contributed by atoms with Gasteiger partial charge in [-0.05, 0) is 42.7 Å². The minimum atomic E-state index is -0.562. The molecule has 6 nitrogen and oxygen atoms in total. The van der Waals surface area contributed by atoms with Crippen LogP contribution in [0.2, 0.25) is 5.02 Å². The summed E-state index contributed by atoms with van der Waals surface area (Å²) in [5.74, 6) is -0.568. The Morgan fingerprint density at radius 1 is 1.15 bits per heavy atom. The standard InChI is InChI=1S/C25H21ClFN3O3S/c1-14-6-3-4-9-20(14)30-23(32)22-16-10-11-28(15(2)31)13-21(16)34-24(22)29(25(30)33)12-17-18(26)7-5-8-19(17)27/h3-9H,10-13H2,1-2H3. The van der Waals surface area contributed by atoms with E-state index in [0.717, 1.165) is 20.6 Å². The van der Waals surface area contributed by atoms with Crippen LogP contribution in [0.1, 0.15) is 28.5 Å². The van der Waals surface area contributed by atoms with Gasteiger partial charge in [-0.25, -0.2) is 13.8 Å². The van der Waals surface area contributed by atoms with Crippen molar-refractivity contribution < 1.29 is 9.18 Å². The van der Waals surface area contributed by atoms with Crippen molar-refractivity contribution in [2.75, 3.05) is 6.54 Å². The molecule has 0 fully saturated rings. The number of rotatable bonds is 3. The molecule has 0 spiro atoms. The summed E-state index contributed by atoms with van der Waals surface area (Å²) in [7, 11) is 0. The van der Waals surface area contributed by atoms with Crippen molar-refractivity contribution in [1.29, 1.82) is 0 Å². The van der Waals surface area contributed by atoms with Gasteiger partial charge in [-0.2, -0.15) is 0 Å². The molecule has 0 radical (unpaired) electrons. The summed E-state index contributed by atoms with van der Waals surface area (Å²) in [5, 5.41) is 0.649. The molecule has 0 N–H and O–H groups in total. The van der Waals surface area contributed by atoms with Crippen LogP contribution in [0.5, 0.6) is 0 Å². The molecule has 0 bridgehead atoms. The Bertz CT molecular complexity index is 1570. The van der Waals surface area contributed by atoms with Crippen LogP contribution >= 0.6 is 22.9 Å². The van der Waals surface area contributed by atoms with Gasteiger partial charge in [0.05, 0.1) is 24.2 Å². The Balaban J connectivity index is 1.84. The number of fused-ring (bicyclic) bond motifs is 3. The fraction of sp³-hybridized carbons (Fsp3) is 0.240. The number of carbonyl (C=O) groups is 1. The van der Waals surface area contributed by atoms with E-state index < -0.39 is 17.1 Å². The number of para-hydroxylation sites is 1. The molecular weight excluding hydrogens is 477 g/mol. The summed E-state index contributed by atoms with van der Waals surface area (Å²) >= 11 is 7.59. The summed E-state index contributed by atoms with van der Waals surface area (Å²) < 4.78 is 17.3. The lowest BCUT2D eigenvalue weighted by Gasteiger charge is -2.25. The summed E-state index contributed by atoms with van der Waals surface area (Å²) in [4.78, 5) is 42.5. The minimum Gasteiger partial charge on any atom is -0.337 e. The van der Waals surface area contributed by atoms with Crippen LogP contribution in [-0.2, 0) is 24.3 Å². The zero-order chi connectivity index (χ0) is 24.1. The predicted molar refractivity (Wildman–Crippen MR) is 132 cm³/mol. The Morgan fingerprint density at radius 2 is 1.91 bits per heavy atom. The highest BCUT2D eigenvalue weighted by Gasteiger charge is 2.28. The minimum absolute atomic E-state index is 0.0454. The monoisotopic (exact) mass is 497 g/mol. The van der Waals surface area contributed by atoms with Crippen molar-refractivity contribution in [2.24, 2.45) is 0 Å². The maximum absolute atomic E-state index is 14.7. The molecule has 9 heteroatoms. The number of nitrogens with zero attached hydrogens (tertiary/aromatic N) is 3. The highest BCUT2D eigenvalue weighted by Crippen LogP contribution is 2.34. The van der Waals surface area contributed by atoms with Gasteiger partial charge in [0.15, 0.2) is 0 Å². The van der Waals surface area contributed by atoms with E-state index in [2.05, 4.69) is 0 Å². The Labute approximate surface area is 203 Å².